The zero-order valence-electron chi connectivity index (χ0n) is 11.2. The van der Waals surface area contributed by atoms with Gasteiger partial charge >= 0.3 is 0 Å². The van der Waals surface area contributed by atoms with Crippen molar-refractivity contribution in [3.63, 3.8) is 0 Å². The third-order valence-electron chi connectivity index (χ3n) is 5.25. The van der Waals surface area contributed by atoms with Crippen LogP contribution >= 0.6 is 0 Å². The summed E-state index contributed by atoms with van der Waals surface area (Å²) >= 11 is 0. The fourth-order valence-corrected chi connectivity index (χ4v) is 4.27. The van der Waals surface area contributed by atoms with Gasteiger partial charge in [0, 0.05) is 25.2 Å². The Kier molecular flexibility index (Phi) is 2.85. The van der Waals surface area contributed by atoms with E-state index in [1.54, 1.807) is 12.1 Å². The van der Waals surface area contributed by atoms with Gasteiger partial charge in [0.2, 0.25) is 0 Å². The van der Waals surface area contributed by atoms with Gasteiger partial charge in [-0.05, 0) is 61.4 Å². The third-order valence-corrected chi connectivity index (χ3v) is 5.25. The first-order valence-electron chi connectivity index (χ1n) is 7.57. The summed E-state index contributed by atoms with van der Waals surface area (Å²) in [6.45, 7) is 3.49. The molecule has 0 amide bonds. The van der Waals surface area contributed by atoms with Gasteiger partial charge in [0.05, 0.1) is 0 Å². The molecule has 0 saturated carbocycles. The van der Waals surface area contributed by atoms with Gasteiger partial charge < -0.3 is 5.32 Å². The lowest BCUT2D eigenvalue weighted by Gasteiger charge is -2.49. The van der Waals surface area contributed by atoms with E-state index in [0.29, 0.717) is 12.1 Å². The molecule has 19 heavy (non-hydrogen) atoms. The van der Waals surface area contributed by atoms with Crippen molar-refractivity contribution < 1.29 is 4.39 Å². The lowest BCUT2D eigenvalue weighted by molar-refractivity contribution is 0.0550. The summed E-state index contributed by atoms with van der Waals surface area (Å²) in [5.41, 5.74) is 2.61. The first kappa shape index (κ1) is 11.9. The van der Waals surface area contributed by atoms with Crippen LogP contribution in [0.25, 0.3) is 0 Å². The fourth-order valence-electron chi connectivity index (χ4n) is 4.27. The molecule has 0 radical (unpaired) electrons. The van der Waals surface area contributed by atoms with Crippen molar-refractivity contribution in [3.8, 4) is 0 Å². The molecular weight excluding hydrogens is 239 g/mol. The number of nitrogens with one attached hydrogen (secondary N) is 1. The van der Waals surface area contributed by atoms with Crippen molar-refractivity contribution in [3.05, 3.63) is 35.1 Å². The quantitative estimate of drug-likeness (QED) is 0.771. The smallest absolute Gasteiger partial charge is 0.123 e. The van der Waals surface area contributed by atoms with E-state index in [9.17, 15) is 4.39 Å². The predicted molar refractivity (Wildman–Crippen MR) is 73.5 cm³/mol. The Morgan fingerprint density at radius 2 is 2.26 bits per heavy atom. The van der Waals surface area contributed by atoms with E-state index in [1.165, 1.54) is 30.5 Å². The Bertz CT molecular complexity index is 488. The molecule has 3 heteroatoms. The highest BCUT2D eigenvalue weighted by Gasteiger charge is 2.39. The second-order valence-electron chi connectivity index (χ2n) is 6.30. The molecule has 2 fully saturated rings. The number of fused-ring (bicyclic) bond motifs is 4. The van der Waals surface area contributed by atoms with E-state index in [1.807, 2.05) is 6.07 Å². The van der Waals surface area contributed by atoms with E-state index in [4.69, 9.17) is 0 Å². The zero-order chi connectivity index (χ0) is 12.8. The topological polar surface area (TPSA) is 15.3 Å². The Hall–Kier alpha value is -0.930. The van der Waals surface area contributed by atoms with Gasteiger partial charge in [0.1, 0.15) is 5.82 Å². The van der Waals surface area contributed by atoms with Crippen LogP contribution in [0.4, 0.5) is 4.39 Å². The molecule has 0 spiro atoms. The lowest BCUT2D eigenvalue weighted by Crippen LogP contribution is -2.54. The van der Waals surface area contributed by atoms with Gasteiger partial charge in [0.15, 0.2) is 0 Å². The maximum Gasteiger partial charge on any atom is 0.123 e. The number of benzene rings is 1. The standard InChI is InChI=1S/C16H21FN2/c17-13-4-3-11-5-7-19-10-12-2-1-6-18-15(12)9-16(19)14(11)8-13/h3-4,8,12,15-16,18H,1-2,5-7,9-10H2/t12-,15+,16-/m1/s1. The molecule has 3 aliphatic heterocycles. The van der Waals surface area contributed by atoms with Crippen molar-refractivity contribution >= 4 is 0 Å². The molecule has 3 atom stereocenters. The lowest BCUT2D eigenvalue weighted by atomic mass is 9.77. The molecular formula is C16H21FN2. The first-order chi connectivity index (χ1) is 9.31. The largest absolute Gasteiger partial charge is 0.314 e. The monoisotopic (exact) mass is 260 g/mol. The highest BCUT2D eigenvalue weighted by Crippen LogP contribution is 2.40. The minimum absolute atomic E-state index is 0.0840. The molecule has 2 saturated heterocycles. The summed E-state index contributed by atoms with van der Waals surface area (Å²) in [5, 5.41) is 3.68. The van der Waals surface area contributed by atoms with Crippen molar-refractivity contribution in [1.29, 1.82) is 0 Å². The molecule has 2 nitrogen and oxygen atoms in total. The average Bonchev–Trinajstić information content (AvgIpc) is 2.45. The first-order valence-corrected chi connectivity index (χ1v) is 7.57. The molecule has 0 aliphatic carbocycles. The second kappa shape index (κ2) is 4.57. The van der Waals surface area contributed by atoms with Crippen LogP contribution in [-0.4, -0.2) is 30.6 Å². The molecule has 0 unspecified atom stereocenters. The predicted octanol–water partition coefficient (Wildman–Crippen LogP) is 2.50. The Morgan fingerprint density at radius 1 is 1.32 bits per heavy atom. The number of halogens is 1. The van der Waals surface area contributed by atoms with E-state index < -0.39 is 0 Å². The van der Waals surface area contributed by atoms with Gasteiger partial charge in [-0.25, -0.2) is 4.39 Å². The molecule has 1 N–H and O–H groups in total. The van der Waals surface area contributed by atoms with E-state index in [0.717, 1.165) is 31.8 Å². The molecule has 3 heterocycles. The van der Waals surface area contributed by atoms with Crippen LogP contribution in [0.3, 0.4) is 0 Å². The minimum Gasteiger partial charge on any atom is -0.314 e. The second-order valence-corrected chi connectivity index (χ2v) is 6.30. The fraction of sp³-hybridized carbons (Fsp3) is 0.625. The van der Waals surface area contributed by atoms with Crippen LogP contribution in [0.1, 0.15) is 36.4 Å². The normalized spacial score (nSPS) is 34.3. The van der Waals surface area contributed by atoms with E-state index in [2.05, 4.69) is 10.2 Å². The van der Waals surface area contributed by atoms with Crippen LogP contribution in [0.2, 0.25) is 0 Å². The number of hydrogen-bond donors (Lipinski definition) is 1. The minimum atomic E-state index is -0.0840. The SMILES string of the molecule is Fc1ccc2c(c1)[C@H]1C[C@@H]3NCCC[C@@H]3CN1CC2. The summed E-state index contributed by atoms with van der Waals surface area (Å²) in [6.07, 6.45) is 4.90. The number of piperidine rings is 2. The third kappa shape index (κ3) is 2.00. The van der Waals surface area contributed by atoms with Gasteiger partial charge in [-0.3, -0.25) is 4.90 Å². The van der Waals surface area contributed by atoms with E-state index >= 15 is 0 Å². The van der Waals surface area contributed by atoms with Crippen molar-refractivity contribution in [2.45, 2.75) is 37.8 Å². The molecule has 102 valence electrons. The number of nitrogens with zero attached hydrogens (tertiary/aromatic N) is 1. The van der Waals surface area contributed by atoms with Crippen LogP contribution < -0.4 is 5.32 Å². The summed E-state index contributed by atoms with van der Waals surface area (Å²) in [7, 11) is 0. The zero-order valence-corrected chi connectivity index (χ0v) is 11.2. The summed E-state index contributed by atoms with van der Waals surface area (Å²) in [4.78, 5) is 2.59. The molecule has 1 aromatic carbocycles. The maximum absolute atomic E-state index is 13.6. The Balaban J connectivity index is 1.66. The van der Waals surface area contributed by atoms with Crippen LogP contribution in [0.15, 0.2) is 18.2 Å². The summed E-state index contributed by atoms with van der Waals surface area (Å²) in [6, 6.07) is 6.45. The number of hydrogen-bond acceptors (Lipinski definition) is 2. The van der Waals surface area contributed by atoms with Gasteiger partial charge in [-0.1, -0.05) is 6.07 Å². The summed E-state index contributed by atoms with van der Waals surface area (Å²) in [5.74, 6) is 0.722. The molecule has 0 aromatic heterocycles. The van der Waals surface area contributed by atoms with Crippen molar-refractivity contribution in [2.75, 3.05) is 19.6 Å². The molecule has 0 bridgehead atoms. The Morgan fingerprint density at radius 3 is 3.21 bits per heavy atom. The van der Waals surface area contributed by atoms with Crippen molar-refractivity contribution in [1.82, 2.24) is 10.2 Å². The highest BCUT2D eigenvalue weighted by molar-refractivity contribution is 5.34. The van der Waals surface area contributed by atoms with E-state index in [-0.39, 0.29) is 5.82 Å². The highest BCUT2D eigenvalue weighted by atomic mass is 19.1. The van der Waals surface area contributed by atoms with Crippen LogP contribution in [0, 0.1) is 11.7 Å². The van der Waals surface area contributed by atoms with Gasteiger partial charge in [0.25, 0.3) is 0 Å². The maximum atomic E-state index is 13.6. The molecule has 4 rings (SSSR count). The Labute approximate surface area is 114 Å². The average molecular weight is 260 g/mol. The molecule has 1 aromatic rings. The number of rotatable bonds is 0. The van der Waals surface area contributed by atoms with Gasteiger partial charge in [-0.15, -0.1) is 0 Å². The van der Waals surface area contributed by atoms with Crippen LogP contribution in [-0.2, 0) is 6.42 Å². The molecule has 3 aliphatic rings. The van der Waals surface area contributed by atoms with Gasteiger partial charge in [-0.2, -0.15) is 0 Å². The summed E-state index contributed by atoms with van der Waals surface area (Å²) < 4.78 is 13.6. The van der Waals surface area contributed by atoms with Crippen molar-refractivity contribution in [2.24, 2.45) is 5.92 Å². The van der Waals surface area contributed by atoms with Crippen LogP contribution in [0.5, 0.6) is 0 Å².